The molecule has 2 aromatic rings. The number of carboxylic acid groups (broad SMARTS) is 1. The van der Waals surface area contributed by atoms with E-state index in [0.29, 0.717) is 11.8 Å². The van der Waals surface area contributed by atoms with Crippen LogP contribution in [0, 0.1) is 5.92 Å². The largest absolute Gasteiger partial charge is 0.481 e. The second-order valence-corrected chi connectivity index (χ2v) is 8.49. The first-order chi connectivity index (χ1) is 12.7. The van der Waals surface area contributed by atoms with Crippen molar-refractivity contribution in [3.05, 3.63) is 34.8 Å². The lowest BCUT2D eigenvalue weighted by Crippen LogP contribution is -2.26. The lowest BCUT2D eigenvalue weighted by atomic mass is 9.82. The van der Waals surface area contributed by atoms with Crippen molar-refractivity contribution in [2.24, 2.45) is 5.92 Å². The van der Waals surface area contributed by atoms with Crippen LogP contribution in [-0.2, 0) is 4.79 Å². The number of aromatic nitrogens is 2. The molecule has 2 aliphatic rings. The summed E-state index contributed by atoms with van der Waals surface area (Å²) in [7, 11) is 0. The van der Waals surface area contributed by atoms with E-state index < -0.39 is 5.97 Å². The molecule has 1 aliphatic heterocycles. The normalized spacial score (nSPS) is 24.5. The van der Waals surface area contributed by atoms with E-state index in [1.165, 1.54) is 18.4 Å². The third-order valence-corrected chi connectivity index (χ3v) is 6.97. The van der Waals surface area contributed by atoms with Crippen molar-refractivity contribution in [1.29, 1.82) is 0 Å². The molecule has 2 heterocycles. The molecule has 1 aliphatic carbocycles. The SMILES string of the molecule is O=C(O)[C@H]1CC[C@H](c2nnc(-c3ccc(C4CCNCC4)cc3)s2)CC1. The molecule has 26 heavy (non-hydrogen) atoms. The molecule has 1 saturated heterocycles. The van der Waals surface area contributed by atoms with Crippen LogP contribution in [0.15, 0.2) is 24.3 Å². The van der Waals surface area contributed by atoms with Gasteiger partial charge in [0.05, 0.1) is 5.92 Å². The first-order valence-electron chi connectivity index (χ1n) is 9.58. The molecule has 0 radical (unpaired) electrons. The zero-order valence-corrected chi connectivity index (χ0v) is 15.7. The van der Waals surface area contributed by atoms with Gasteiger partial charge in [-0.3, -0.25) is 4.79 Å². The average molecular weight is 372 g/mol. The van der Waals surface area contributed by atoms with E-state index in [1.807, 2.05) is 0 Å². The van der Waals surface area contributed by atoms with Gasteiger partial charge in [-0.15, -0.1) is 10.2 Å². The van der Waals surface area contributed by atoms with Gasteiger partial charge in [-0.2, -0.15) is 0 Å². The highest BCUT2D eigenvalue weighted by Gasteiger charge is 2.28. The fraction of sp³-hybridized carbons (Fsp3) is 0.550. The molecule has 6 heteroatoms. The number of rotatable bonds is 4. The molecule has 2 fully saturated rings. The second-order valence-electron chi connectivity index (χ2n) is 7.48. The van der Waals surface area contributed by atoms with Gasteiger partial charge < -0.3 is 10.4 Å². The average Bonchev–Trinajstić information content (AvgIpc) is 3.19. The van der Waals surface area contributed by atoms with Crippen molar-refractivity contribution in [3.8, 4) is 10.6 Å². The molecule has 4 rings (SSSR count). The monoisotopic (exact) mass is 371 g/mol. The fourth-order valence-electron chi connectivity index (χ4n) is 4.16. The van der Waals surface area contributed by atoms with E-state index in [2.05, 4.69) is 39.8 Å². The molecule has 1 aromatic carbocycles. The summed E-state index contributed by atoms with van der Waals surface area (Å²) in [6.07, 6.45) is 5.73. The van der Waals surface area contributed by atoms with Crippen molar-refractivity contribution in [2.45, 2.75) is 50.4 Å². The minimum Gasteiger partial charge on any atom is -0.481 e. The van der Waals surface area contributed by atoms with Gasteiger partial charge in [-0.25, -0.2) is 0 Å². The van der Waals surface area contributed by atoms with E-state index in [0.717, 1.165) is 54.4 Å². The molecular weight excluding hydrogens is 346 g/mol. The Balaban J connectivity index is 1.42. The van der Waals surface area contributed by atoms with E-state index in [-0.39, 0.29) is 5.92 Å². The fourth-order valence-corrected chi connectivity index (χ4v) is 5.17. The highest BCUT2D eigenvalue weighted by molar-refractivity contribution is 7.14. The maximum Gasteiger partial charge on any atom is 0.306 e. The predicted molar refractivity (Wildman–Crippen MR) is 103 cm³/mol. The minimum atomic E-state index is -0.657. The molecule has 1 saturated carbocycles. The lowest BCUT2D eigenvalue weighted by Gasteiger charge is -2.24. The van der Waals surface area contributed by atoms with Gasteiger partial charge in [0.2, 0.25) is 0 Å². The summed E-state index contributed by atoms with van der Waals surface area (Å²) in [5, 5.41) is 23.4. The van der Waals surface area contributed by atoms with Crippen LogP contribution in [0.2, 0.25) is 0 Å². The molecule has 1 aromatic heterocycles. The number of nitrogens with zero attached hydrogens (tertiary/aromatic N) is 2. The Labute approximate surface area is 157 Å². The topological polar surface area (TPSA) is 75.1 Å². The van der Waals surface area contributed by atoms with Crippen LogP contribution in [0.1, 0.15) is 60.9 Å². The van der Waals surface area contributed by atoms with Gasteiger partial charge in [0, 0.05) is 11.5 Å². The Hall–Kier alpha value is -1.79. The second kappa shape index (κ2) is 7.84. The van der Waals surface area contributed by atoms with Gasteiger partial charge in [-0.05, 0) is 63.1 Å². The third-order valence-electron chi connectivity index (χ3n) is 5.83. The molecule has 0 bridgehead atoms. The molecule has 138 valence electrons. The zero-order valence-electron chi connectivity index (χ0n) is 14.9. The van der Waals surface area contributed by atoms with Gasteiger partial charge in [0.25, 0.3) is 0 Å². The Morgan fingerprint density at radius 2 is 1.65 bits per heavy atom. The molecule has 0 atom stereocenters. The smallest absolute Gasteiger partial charge is 0.306 e. The standard InChI is InChI=1S/C20H25N3O2S/c24-20(25)17-7-5-16(6-8-17)19-23-22-18(26-19)15-3-1-13(2-4-15)14-9-11-21-12-10-14/h1-4,14,16-17,21H,5-12H2,(H,24,25)/t16-,17-. The van der Waals surface area contributed by atoms with Crippen LogP contribution in [0.3, 0.4) is 0 Å². The molecule has 0 spiro atoms. The van der Waals surface area contributed by atoms with Crippen LogP contribution < -0.4 is 5.32 Å². The van der Waals surface area contributed by atoms with Crippen LogP contribution in [0.4, 0.5) is 0 Å². The van der Waals surface area contributed by atoms with Crippen molar-refractivity contribution < 1.29 is 9.90 Å². The summed E-state index contributed by atoms with van der Waals surface area (Å²) in [6, 6.07) is 8.82. The summed E-state index contributed by atoms with van der Waals surface area (Å²) in [6.45, 7) is 2.21. The summed E-state index contributed by atoms with van der Waals surface area (Å²) < 4.78 is 0. The van der Waals surface area contributed by atoms with E-state index >= 15 is 0 Å². The molecular formula is C20H25N3O2S. The number of carboxylic acids is 1. The number of carbonyl (C=O) groups is 1. The van der Waals surface area contributed by atoms with Crippen molar-refractivity contribution in [3.63, 3.8) is 0 Å². The van der Waals surface area contributed by atoms with Gasteiger partial charge in [0.15, 0.2) is 0 Å². The maximum atomic E-state index is 11.1. The number of benzene rings is 1. The summed E-state index contributed by atoms with van der Waals surface area (Å²) in [5.74, 6) is 0.196. The van der Waals surface area contributed by atoms with E-state index in [9.17, 15) is 4.79 Å². The Bertz CT molecular complexity index is 745. The van der Waals surface area contributed by atoms with E-state index in [1.54, 1.807) is 11.3 Å². The maximum absolute atomic E-state index is 11.1. The van der Waals surface area contributed by atoms with Crippen molar-refractivity contribution >= 4 is 17.3 Å². The first-order valence-corrected chi connectivity index (χ1v) is 10.4. The first kappa shape index (κ1) is 17.6. The van der Waals surface area contributed by atoms with Gasteiger partial charge >= 0.3 is 5.97 Å². The predicted octanol–water partition coefficient (Wildman–Crippen LogP) is 4.03. The molecule has 2 N–H and O–H groups in total. The number of hydrogen-bond acceptors (Lipinski definition) is 5. The lowest BCUT2D eigenvalue weighted by molar-refractivity contribution is -0.142. The van der Waals surface area contributed by atoms with Crippen molar-refractivity contribution in [2.75, 3.05) is 13.1 Å². The number of piperidine rings is 1. The summed E-state index contributed by atoms with van der Waals surface area (Å²) in [5.41, 5.74) is 2.55. The molecule has 5 nitrogen and oxygen atoms in total. The Morgan fingerprint density at radius 1 is 0.962 bits per heavy atom. The summed E-state index contributed by atoms with van der Waals surface area (Å²) in [4.78, 5) is 11.1. The number of hydrogen-bond donors (Lipinski definition) is 2. The van der Waals surface area contributed by atoms with Gasteiger partial charge in [0.1, 0.15) is 10.0 Å². The Morgan fingerprint density at radius 3 is 2.31 bits per heavy atom. The third kappa shape index (κ3) is 3.81. The quantitative estimate of drug-likeness (QED) is 0.849. The van der Waals surface area contributed by atoms with Crippen LogP contribution in [-0.4, -0.2) is 34.4 Å². The summed E-state index contributed by atoms with van der Waals surface area (Å²) >= 11 is 1.66. The number of nitrogens with one attached hydrogen (secondary N) is 1. The van der Waals surface area contributed by atoms with Crippen LogP contribution in [0.5, 0.6) is 0 Å². The van der Waals surface area contributed by atoms with Crippen LogP contribution in [0.25, 0.3) is 10.6 Å². The molecule has 0 amide bonds. The van der Waals surface area contributed by atoms with Crippen LogP contribution >= 0.6 is 11.3 Å². The highest BCUT2D eigenvalue weighted by Crippen LogP contribution is 2.38. The van der Waals surface area contributed by atoms with Gasteiger partial charge in [-0.1, -0.05) is 35.6 Å². The van der Waals surface area contributed by atoms with E-state index in [4.69, 9.17) is 5.11 Å². The highest BCUT2D eigenvalue weighted by atomic mass is 32.1. The minimum absolute atomic E-state index is 0.179. The Kier molecular flexibility index (Phi) is 5.31. The zero-order chi connectivity index (χ0) is 17.9. The number of aliphatic carboxylic acids is 1. The van der Waals surface area contributed by atoms with Crippen molar-refractivity contribution in [1.82, 2.24) is 15.5 Å². The molecule has 0 unspecified atom stereocenters.